The van der Waals surface area contributed by atoms with Gasteiger partial charge in [-0.3, -0.25) is 14.9 Å². The molecular weight excluding hydrogens is 372 g/mol. The van der Waals surface area contributed by atoms with Gasteiger partial charge in [-0.05, 0) is 43.2 Å². The van der Waals surface area contributed by atoms with Crippen LogP contribution in [0.1, 0.15) is 11.1 Å². The molecule has 8 heteroatoms. The number of quaternary nitrogens is 1. The number of carbonyl (C=O) groups excluding carboxylic acids is 1. The van der Waals surface area contributed by atoms with Gasteiger partial charge in [0.05, 0.1) is 44.3 Å². The lowest BCUT2D eigenvalue weighted by molar-refractivity contribution is -0.892. The summed E-state index contributed by atoms with van der Waals surface area (Å²) in [5, 5.41) is 14.0. The van der Waals surface area contributed by atoms with Gasteiger partial charge in [-0.25, -0.2) is 0 Å². The number of nitro benzene ring substituents is 1. The number of nitrogens with one attached hydrogen (secondary N) is 2. The molecule has 1 aliphatic heterocycles. The quantitative estimate of drug-likeness (QED) is 0.569. The monoisotopic (exact) mass is 399 g/mol. The number of aryl methyl sites for hydroxylation is 1. The van der Waals surface area contributed by atoms with Crippen LogP contribution in [0.25, 0.3) is 0 Å². The van der Waals surface area contributed by atoms with Crippen molar-refractivity contribution in [2.75, 3.05) is 50.1 Å². The molecule has 0 atom stereocenters. The predicted molar refractivity (Wildman–Crippen MR) is 112 cm³/mol. The first-order valence-corrected chi connectivity index (χ1v) is 9.66. The molecule has 2 aromatic rings. The Bertz CT molecular complexity index is 908. The number of piperazine rings is 1. The van der Waals surface area contributed by atoms with Gasteiger partial charge < -0.3 is 19.9 Å². The van der Waals surface area contributed by atoms with E-state index in [0.717, 1.165) is 26.2 Å². The third-order valence-corrected chi connectivity index (χ3v) is 5.47. The van der Waals surface area contributed by atoms with E-state index in [-0.39, 0.29) is 23.8 Å². The summed E-state index contributed by atoms with van der Waals surface area (Å²) in [5.74, 6) is 0.149. The van der Waals surface area contributed by atoms with Crippen LogP contribution in [0.5, 0.6) is 5.75 Å². The summed E-state index contributed by atoms with van der Waals surface area (Å²) in [4.78, 5) is 26.7. The van der Waals surface area contributed by atoms with E-state index in [4.69, 9.17) is 4.74 Å². The van der Waals surface area contributed by atoms with E-state index in [1.807, 2.05) is 0 Å². The summed E-state index contributed by atoms with van der Waals surface area (Å²) in [6.45, 7) is 7.95. The molecule has 8 nitrogen and oxygen atoms in total. The van der Waals surface area contributed by atoms with Crippen molar-refractivity contribution in [3.8, 4) is 5.75 Å². The molecule has 0 aliphatic carbocycles. The first-order valence-electron chi connectivity index (χ1n) is 9.66. The molecule has 0 unspecified atom stereocenters. The Morgan fingerprint density at radius 3 is 2.62 bits per heavy atom. The van der Waals surface area contributed by atoms with Crippen molar-refractivity contribution in [3.05, 3.63) is 57.6 Å². The molecule has 0 bridgehead atoms. The maximum atomic E-state index is 12.5. The normalized spacial score (nSPS) is 14.5. The topological polar surface area (TPSA) is 89.2 Å². The molecule has 29 heavy (non-hydrogen) atoms. The van der Waals surface area contributed by atoms with Gasteiger partial charge in [-0.15, -0.1) is 0 Å². The highest BCUT2D eigenvalue weighted by molar-refractivity contribution is 5.93. The number of hydrogen-bond donors (Lipinski definition) is 2. The van der Waals surface area contributed by atoms with E-state index in [1.54, 1.807) is 6.07 Å². The second-order valence-corrected chi connectivity index (χ2v) is 7.32. The van der Waals surface area contributed by atoms with Gasteiger partial charge in [0.15, 0.2) is 6.54 Å². The summed E-state index contributed by atoms with van der Waals surface area (Å²) in [6.07, 6.45) is 0. The standard InChI is InChI=1S/C21H26N4O4/c1-15-5-4-6-19(16(15)2)24-11-9-23(10-12-24)14-21(26)22-18-8-7-17(29-3)13-20(18)25(27)28/h4-8,13H,9-12,14H2,1-3H3,(H,22,26)/p+1. The largest absolute Gasteiger partial charge is 0.496 e. The average molecular weight is 399 g/mol. The van der Waals surface area contributed by atoms with Crippen molar-refractivity contribution in [3.63, 3.8) is 0 Å². The lowest BCUT2D eigenvalue weighted by atomic mass is 10.1. The molecule has 2 N–H and O–H groups in total. The number of nitrogens with zero attached hydrogens (tertiary/aromatic N) is 2. The van der Waals surface area contributed by atoms with Crippen molar-refractivity contribution in [2.45, 2.75) is 13.8 Å². The van der Waals surface area contributed by atoms with Gasteiger partial charge in [0, 0.05) is 5.69 Å². The van der Waals surface area contributed by atoms with Crippen molar-refractivity contribution < 1.29 is 19.4 Å². The van der Waals surface area contributed by atoms with Gasteiger partial charge in [0.2, 0.25) is 0 Å². The minimum absolute atomic E-state index is 0.174. The summed E-state index contributed by atoms with van der Waals surface area (Å²) >= 11 is 0. The molecule has 3 rings (SSSR count). The molecule has 0 radical (unpaired) electrons. The second-order valence-electron chi connectivity index (χ2n) is 7.32. The molecule has 0 aromatic heterocycles. The molecule has 154 valence electrons. The van der Waals surface area contributed by atoms with E-state index in [2.05, 4.69) is 42.3 Å². The Morgan fingerprint density at radius 1 is 1.24 bits per heavy atom. The van der Waals surface area contributed by atoms with Crippen molar-refractivity contribution in [1.82, 2.24) is 0 Å². The van der Waals surface area contributed by atoms with E-state index in [0.29, 0.717) is 5.75 Å². The highest BCUT2D eigenvalue weighted by atomic mass is 16.6. The Morgan fingerprint density at radius 2 is 1.97 bits per heavy atom. The molecule has 2 aromatic carbocycles. The maximum Gasteiger partial charge on any atom is 0.296 e. The fraction of sp³-hybridized carbons (Fsp3) is 0.381. The molecule has 1 heterocycles. The number of methoxy groups -OCH3 is 1. The molecule has 0 saturated carbocycles. The fourth-order valence-electron chi connectivity index (χ4n) is 3.64. The van der Waals surface area contributed by atoms with E-state index < -0.39 is 4.92 Å². The first kappa shape index (κ1) is 20.6. The Labute approximate surface area is 170 Å². The van der Waals surface area contributed by atoms with Crippen LogP contribution in [0, 0.1) is 24.0 Å². The summed E-state index contributed by atoms with van der Waals surface area (Å²) < 4.78 is 5.02. The molecule has 1 saturated heterocycles. The number of rotatable bonds is 6. The minimum atomic E-state index is -0.520. The minimum Gasteiger partial charge on any atom is -0.496 e. The van der Waals surface area contributed by atoms with Gasteiger partial charge in [-0.1, -0.05) is 12.1 Å². The predicted octanol–water partition coefficient (Wildman–Crippen LogP) is 1.56. The van der Waals surface area contributed by atoms with Crippen molar-refractivity contribution in [1.29, 1.82) is 0 Å². The SMILES string of the molecule is COc1ccc(NC(=O)C[NH+]2CCN(c3cccc(C)c3C)CC2)c([N+](=O)[O-])c1. The lowest BCUT2D eigenvalue weighted by Gasteiger charge is -2.34. The number of carbonyl (C=O) groups is 1. The Kier molecular flexibility index (Phi) is 6.33. The third-order valence-electron chi connectivity index (χ3n) is 5.47. The number of nitro groups is 1. The van der Waals surface area contributed by atoms with Crippen LogP contribution in [0.2, 0.25) is 0 Å². The van der Waals surface area contributed by atoms with Gasteiger partial charge in [0.25, 0.3) is 11.6 Å². The summed E-state index contributed by atoms with van der Waals surface area (Å²) in [6, 6.07) is 10.7. The molecule has 0 spiro atoms. The number of amides is 1. The highest BCUT2D eigenvalue weighted by Gasteiger charge is 2.25. The van der Waals surface area contributed by atoms with Crippen LogP contribution in [0.4, 0.5) is 17.1 Å². The summed E-state index contributed by atoms with van der Waals surface area (Å²) in [5.41, 5.74) is 3.84. The molecule has 1 fully saturated rings. The smallest absolute Gasteiger partial charge is 0.296 e. The Balaban J connectivity index is 1.58. The van der Waals surface area contributed by atoms with Crippen LogP contribution in [-0.4, -0.2) is 50.7 Å². The lowest BCUT2D eigenvalue weighted by Crippen LogP contribution is -3.15. The van der Waals surface area contributed by atoms with E-state index >= 15 is 0 Å². The number of benzene rings is 2. The number of ether oxygens (including phenoxy) is 1. The van der Waals surface area contributed by atoms with Crippen LogP contribution < -0.4 is 19.9 Å². The number of hydrogen-bond acceptors (Lipinski definition) is 5. The zero-order valence-corrected chi connectivity index (χ0v) is 17.0. The first-order chi connectivity index (χ1) is 13.9. The van der Waals surface area contributed by atoms with Crippen LogP contribution in [0.3, 0.4) is 0 Å². The molecule has 1 aliphatic rings. The Hall–Kier alpha value is -3.13. The number of anilines is 2. The van der Waals surface area contributed by atoms with Crippen molar-refractivity contribution >= 4 is 23.0 Å². The molecular formula is C21H27N4O4+. The van der Waals surface area contributed by atoms with Gasteiger partial charge in [0.1, 0.15) is 11.4 Å². The molecule has 1 amide bonds. The van der Waals surface area contributed by atoms with Gasteiger partial charge in [-0.2, -0.15) is 0 Å². The summed E-state index contributed by atoms with van der Waals surface area (Å²) in [7, 11) is 1.44. The van der Waals surface area contributed by atoms with Gasteiger partial charge >= 0.3 is 0 Å². The van der Waals surface area contributed by atoms with E-state index in [9.17, 15) is 14.9 Å². The van der Waals surface area contributed by atoms with Crippen molar-refractivity contribution in [2.24, 2.45) is 0 Å². The maximum absolute atomic E-state index is 12.5. The zero-order chi connectivity index (χ0) is 21.0. The van der Waals surface area contributed by atoms with Crippen LogP contribution >= 0.6 is 0 Å². The average Bonchev–Trinajstić information content (AvgIpc) is 2.71. The highest BCUT2D eigenvalue weighted by Crippen LogP contribution is 2.28. The van der Waals surface area contributed by atoms with Crippen LogP contribution in [-0.2, 0) is 4.79 Å². The third kappa shape index (κ3) is 4.83. The van der Waals surface area contributed by atoms with Crippen LogP contribution in [0.15, 0.2) is 36.4 Å². The van der Waals surface area contributed by atoms with E-state index in [1.165, 1.54) is 41.0 Å². The fourth-order valence-corrected chi connectivity index (χ4v) is 3.64. The zero-order valence-electron chi connectivity index (χ0n) is 17.0. The second kappa shape index (κ2) is 8.91.